The molecule has 0 aromatic heterocycles. The Morgan fingerprint density at radius 2 is 1.72 bits per heavy atom. The van der Waals surface area contributed by atoms with E-state index in [0.29, 0.717) is 5.56 Å². The van der Waals surface area contributed by atoms with Crippen molar-refractivity contribution in [2.75, 3.05) is 19.7 Å². The first kappa shape index (κ1) is 18.4. The Morgan fingerprint density at radius 3 is 2.40 bits per heavy atom. The molecule has 0 radical (unpaired) electrons. The zero-order valence-corrected chi connectivity index (χ0v) is 14.3. The van der Waals surface area contributed by atoms with Gasteiger partial charge in [-0.1, -0.05) is 29.3 Å². The molecule has 2 N–H and O–H groups in total. The molecule has 0 unspecified atom stereocenters. The molecule has 0 atom stereocenters. The van der Waals surface area contributed by atoms with Gasteiger partial charge in [0.05, 0.1) is 13.1 Å². The molecular formula is C19H21FN2O3. The van der Waals surface area contributed by atoms with Gasteiger partial charge in [-0.05, 0) is 38.1 Å². The van der Waals surface area contributed by atoms with E-state index in [9.17, 15) is 14.0 Å². The van der Waals surface area contributed by atoms with Crippen molar-refractivity contribution in [3.8, 4) is 5.75 Å². The fraction of sp³-hybridized carbons (Fsp3) is 0.263. The van der Waals surface area contributed by atoms with Gasteiger partial charge in [0.15, 0.2) is 11.6 Å². The maximum absolute atomic E-state index is 13.3. The highest BCUT2D eigenvalue weighted by Gasteiger charge is 2.09. The Bertz CT molecular complexity index is 742. The number of rotatable bonds is 7. The molecule has 2 amide bonds. The van der Waals surface area contributed by atoms with E-state index in [1.807, 2.05) is 19.9 Å². The smallest absolute Gasteiger partial charge is 0.251 e. The van der Waals surface area contributed by atoms with Crippen molar-refractivity contribution in [1.29, 1.82) is 0 Å². The summed E-state index contributed by atoms with van der Waals surface area (Å²) in [6.45, 7) is 4.04. The predicted molar refractivity (Wildman–Crippen MR) is 93.2 cm³/mol. The second-order valence-corrected chi connectivity index (χ2v) is 5.69. The average Bonchev–Trinajstić information content (AvgIpc) is 2.57. The van der Waals surface area contributed by atoms with Gasteiger partial charge < -0.3 is 15.4 Å². The van der Waals surface area contributed by atoms with Gasteiger partial charge in [0.1, 0.15) is 6.61 Å². The van der Waals surface area contributed by atoms with Gasteiger partial charge in [-0.2, -0.15) is 0 Å². The quantitative estimate of drug-likeness (QED) is 0.758. The molecule has 0 aliphatic rings. The second kappa shape index (κ2) is 8.82. The number of aryl methyl sites for hydroxylation is 2. The van der Waals surface area contributed by atoms with E-state index in [1.54, 1.807) is 24.3 Å². The molecule has 0 fully saturated rings. The minimum Gasteiger partial charge on any atom is -0.489 e. The van der Waals surface area contributed by atoms with Crippen LogP contribution in [0.2, 0.25) is 0 Å². The number of amides is 2. The van der Waals surface area contributed by atoms with Crippen LogP contribution in [0.3, 0.4) is 0 Å². The number of carbonyl (C=O) groups excluding carboxylic acids is 2. The highest BCUT2D eigenvalue weighted by molar-refractivity contribution is 5.96. The van der Waals surface area contributed by atoms with Crippen LogP contribution in [-0.2, 0) is 4.79 Å². The SMILES string of the molecule is Cc1cc(C)cc(C(=O)NCC(=O)NCCOc2ccccc2F)c1. The lowest BCUT2D eigenvalue weighted by Crippen LogP contribution is -2.38. The van der Waals surface area contributed by atoms with Crippen LogP contribution in [0.4, 0.5) is 4.39 Å². The average molecular weight is 344 g/mol. The fourth-order valence-corrected chi connectivity index (χ4v) is 2.34. The van der Waals surface area contributed by atoms with Crippen LogP contribution in [0.15, 0.2) is 42.5 Å². The molecule has 6 heteroatoms. The number of carbonyl (C=O) groups is 2. The molecule has 0 aliphatic heterocycles. The van der Waals surface area contributed by atoms with Crippen LogP contribution in [0.1, 0.15) is 21.5 Å². The maximum Gasteiger partial charge on any atom is 0.251 e. The van der Waals surface area contributed by atoms with E-state index in [-0.39, 0.29) is 37.3 Å². The summed E-state index contributed by atoms with van der Waals surface area (Å²) < 4.78 is 18.6. The number of para-hydroxylation sites is 1. The number of hydrogen-bond donors (Lipinski definition) is 2. The van der Waals surface area contributed by atoms with E-state index < -0.39 is 5.82 Å². The first-order valence-corrected chi connectivity index (χ1v) is 7.96. The van der Waals surface area contributed by atoms with Crippen molar-refractivity contribution in [3.05, 3.63) is 65.0 Å². The summed E-state index contributed by atoms with van der Waals surface area (Å²) in [6.07, 6.45) is 0. The monoisotopic (exact) mass is 344 g/mol. The first-order chi connectivity index (χ1) is 12.0. The molecule has 2 rings (SSSR count). The summed E-state index contributed by atoms with van der Waals surface area (Å²) in [4.78, 5) is 23.8. The number of hydrogen-bond acceptors (Lipinski definition) is 3. The molecule has 0 heterocycles. The van der Waals surface area contributed by atoms with Gasteiger partial charge in [0.2, 0.25) is 5.91 Å². The number of benzene rings is 2. The normalized spacial score (nSPS) is 10.2. The highest BCUT2D eigenvalue weighted by Crippen LogP contribution is 2.14. The summed E-state index contributed by atoms with van der Waals surface area (Å²) in [5, 5.41) is 5.17. The van der Waals surface area contributed by atoms with Crippen LogP contribution in [-0.4, -0.2) is 31.5 Å². The third-order valence-corrected chi connectivity index (χ3v) is 3.41. The number of ether oxygens (including phenoxy) is 1. The summed E-state index contributed by atoms with van der Waals surface area (Å²) >= 11 is 0. The standard InChI is InChI=1S/C19H21FN2O3/c1-13-9-14(2)11-15(10-13)19(24)22-12-18(23)21-7-8-25-17-6-4-3-5-16(17)20/h3-6,9-11H,7-8,12H2,1-2H3,(H,21,23)(H,22,24). The van der Waals surface area contributed by atoms with E-state index in [2.05, 4.69) is 10.6 Å². The van der Waals surface area contributed by atoms with Crippen LogP contribution < -0.4 is 15.4 Å². The van der Waals surface area contributed by atoms with Gasteiger partial charge in [-0.25, -0.2) is 4.39 Å². The molecule has 2 aromatic rings. The van der Waals surface area contributed by atoms with Crippen LogP contribution in [0.25, 0.3) is 0 Å². The lowest BCUT2D eigenvalue weighted by Gasteiger charge is -2.09. The zero-order valence-electron chi connectivity index (χ0n) is 14.3. The molecule has 5 nitrogen and oxygen atoms in total. The van der Waals surface area contributed by atoms with Crippen LogP contribution >= 0.6 is 0 Å². The molecule has 0 aliphatic carbocycles. The third kappa shape index (κ3) is 5.91. The summed E-state index contributed by atoms with van der Waals surface area (Å²) in [5.41, 5.74) is 2.49. The topological polar surface area (TPSA) is 67.4 Å². The largest absolute Gasteiger partial charge is 0.489 e. The molecule has 132 valence electrons. The molecule has 0 saturated heterocycles. The first-order valence-electron chi connectivity index (χ1n) is 7.96. The number of nitrogens with one attached hydrogen (secondary N) is 2. The van der Waals surface area contributed by atoms with Gasteiger partial charge >= 0.3 is 0 Å². The fourth-order valence-electron chi connectivity index (χ4n) is 2.34. The Morgan fingerprint density at radius 1 is 1.04 bits per heavy atom. The molecular weight excluding hydrogens is 323 g/mol. The van der Waals surface area contributed by atoms with Gasteiger partial charge in [-0.15, -0.1) is 0 Å². The van der Waals surface area contributed by atoms with Crippen molar-refractivity contribution in [2.45, 2.75) is 13.8 Å². The van der Waals surface area contributed by atoms with E-state index in [4.69, 9.17) is 4.74 Å². The van der Waals surface area contributed by atoms with Gasteiger partial charge in [-0.3, -0.25) is 9.59 Å². The predicted octanol–water partition coefficient (Wildman–Crippen LogP) is 2.37. The minimum absolute atomic E-state index is 0.133. The Hall–Kier alpha value is -2.89. The molecule has 0 bridgehead atoms. The summed E-state index contributed by atoms with van der Waals surface area (Å²) in [6, 6.07) is 11.6. The van der Waals surface area contributed by atoms with Gasteiger partial charge in [0.25, 0.3) is 5.91 Å². The number of halogens is 1. The van der Waals surface area contributed by atoms with Crippen molar-refractivity contribution in [2.24, 2.45) is 0 Å². The molecule has 0 spiro atoms. The van der Waals surface area contributed by atoms with E-state index in [1.165, 1.54) is 12.1 Å². The second-order valence-electron chi connectivity index (χ2n) is 5.69. The van der Waals surface area contributed by atoms with Crippen molar-refractivity contribution >= 4 is 11.8 Å². The Balaban J connectivity index is 1.70. The van der Waals surface area contributed by atoms with Crippen LogP contribution in [0, 0.1) is 19.7 Å². The molecule has 25 heavy (non-hydrogen) atoms. The van der Waals surface area contributed by atoms with Gasteiger partial charge in [0, 0.05) is 5.56 Å². The minimum atomic E-state index is -0.450. The zero-order chi connectivity index (χ0) is 18.2. The Labute approximate surface area is 146 Å². The maximum atomic E-state index is 13.3. The Kier molecular flexibility index (Phi) is 6.51. The molecule has 2 aromatic carbocycles. The third-order valence-electron chi connectivity index (χ3n) is 3.41. The summed E-state index contributed by atoms with van der Waals surface area (Å²) in [7, 11) is 0. The molecule has 0 saturated carbocycles. The van der Waals surface area contributed by atoms with E-state index >= 15 is 0 Å². The highest BCUT2D eigenvalue weighted by atomic mass is 19.1. The lowest BCUT2D eigenvalue weighted by atomic mass is 10.1. The van der Waals surface area contributed by atoms with Crippen LogP contribution in [0.5, 0.6) is 5.75 Å². The lowest BCUT2D eigenvalue weighted by molar-refractivity contribution is -0.120. The summed E-state index contributed by atoms with van der Waals surface area (Å²) in [5.74, 6) is -0.950. The van der Waals surface area contributed by atoms with E-state index in [0.717, 1.165) is 11.1 Å². The van der Waals surface area contributed by atoms with Crippen molar-refractivity contribution < 1.29 is 18.7 Å². The van der Waals surface area contributed by atoms with Crippen molar-refractivity contribution in [3.63, 3.8) is 0 Å². The van der Waals surface area contributed by atoms with Crippen molar-refractivity contribution in [1.82, 2.24) is 10.6 Å².